The molecule has 0 unspecified atom stereocenters. The van der Waals surface area contributed by atoms with E-state index in [0.717, 1.165) is 11.1 Å². The van der Waals surface area contributed by atoms with Gasteiger partial charge in [0.1, 0.15) is 0 Å². The quantitative estimate of drug-likeness (QED) is 0.755. The van der Waals surface area contributed by atoms with Crippen molar-refractivity contribution in [2.75, 3.05) is 0 Å². The number of rotatable bonds is 3. The van der Waals surface area contributed by atoms with Gasteiger partial charge < -0.3 is 0 Å². The summed E-state index contributed by atoms with van der Waals surface area (Å²) in [5.74, 6) is 0.0861. The van der Waals surface area contributed by atoms with Crippen molar-refractivity contribution in [1.82, 2.24) is 15.0 Å². The number of carbonyl (C=O) groups is 1. The zero-order valence-electron chi connectivity index (χ0n) is 10.3. The van der Waals surface area contributed by atoms with Gasteiger partial charge in [0.05, 0.1) is 12.1 Å². The summed E-state index contributed by atoms with van der Waals surface area (Å²) in [6.45, 7) is 3.97. The highest BCUT2D eigenvalue weighted by Gasteiger charge is 2.11. The molecule has 2 rings (SSSR count). The first-order chi connectivity index (χ1) is 8.06. The van der Waals surface area contributed by atoms with Crippen LogP contribution in [0.1, 0.15) is 27.2 Å². The Balaban J connectivity index is 2.20. The largest absolute Gasteiger partial charge is 0.294 e. The topological polar surface area (TPSA) is 47.8 Å². The molecule has 0 amide bonds. The van der Waals surface area contributed by atoms with Crippen LogP contribution < -0.4 is 0 Å². The van der Waals surface area contributed by atoms with E-state index in [-0.39, 0.29) is 5.78 Å². The number of Topliss-reactive ketones (excluding diaryl/α,β-unsaturated/α-hetero) is 1. The summed E-state index contributed by atoms with van der Waals surface area (Å²) < 4.78 is 1.60. The van der Waals surface area contributed by atoms with E-state index in [4.69, 9.17) is 0 Å². The zero-order chi connectivity index (χ0) is 12.4. The molecule has 0 bridgehead atoms. The Labute approximate surface area is 100 Å². The van der Waals surface area contributed by atoms with E-state index in [1.54, 1.807) is 17.9 Å². The van der Waals surface area contributed by atoms with Crippen LogP contribution in [0.2, 0.25) is 0 Å². The Kier molecular flexibility index (Phi) is 3.04. The number of hydrogen-bond acceptors (Lipinski definition) is 3. The van der Waals surface area contributed by atoms with Crippen LogP contribution in [0.25, 0.3) is 0 Å². The summed E-state index contributed by atoms with van der Waals surface area (Å²) in [4.78, 5) is 12.1. The monoisotopic (exact) mass is 229 g/mol. The molecule has 88 valence electrons. The smallest absolute Gasteiger partial charge is 0.169 e. The maximum Gasteiger partial charge on any atom is 0.169 e. The predicted octanol–water partition coefficient (Wildman–Crippen LogP) is 1.86. The van der Waals surface area contributed by atoms with Crippen LogP contribution in [-0.4, -0.2) is 20.8 Å². The Bertz CT molecular complexity index is 558. The van der Waals surface area contributed by atoms with Gasteiger partial charge in [-0.25, -0.2) is 0 Å². The van der Waals surface area contributed by atoms with Crippen LogP contribution in [0.4, 0.5) is 0 Å². The summed E-state index contributed by atoms with van der Waals surface area (Å²) in [6.07, 6.45) is 2.07. The normalized spacial score (nSPS) is 10.5. The van der Waals surface area contributed by atoms with E-state index in [1.807, 2.05) is 32.0 Å². The van der Waals surface area contributed by atoms with Crippen LogP contribution in [0.5, 0.6) is 0 Å². The van der Waals surface area contributed by atoms with Crippen molar-refractivity contribution in [3.8, 4) is 0 Å². The van der Waals surface area contributed by atoms with Crippen molar-refractivity contribution in [3.05, 3.63) is 46.8 Å². The SMILES string of the molecule is Cc1ccc(C(=O)Cc2cn(C)nn2)c(C)c1. The van der Waals surface area contributed by atoms with Crippen molar-refractivity contribution in [1.29, 1.82) is 0 Å². The third kappa shape index (κ3) is 2.58. The number of ketones is 1. The molecule has 1 heterocycles. The molecule has 17 heavy (non-hydrogen) atoms. The molecule has 0 saturated carbocycles. The summed E-state index contributed by atoms with van der Waals surface area (Å²) >= 11 is 0. The predicted molar refractivity (Wildman–Crippen MR) is 65.0 cm³/mol. The molecule has 1 aromatic heterocycles. The standard InChI is InChI=1S/C13H15N3O/c1-9-4-5-12(10(2)6-9)13(17)7-11-8-16(3)15-14-11/h4-6,8H,7H2,1-3H3. The molecular weight excluding hydrogens is 214 g/mol. The lowest BCUT2D eigenvalue weighted by atomic mass is 10.00. The van der Waals surface area contributed by atoms with Gasteiger partial charge in [0.2, 0.25) is 0 Å². The first-order valence-electron chi connectivity index (χ1n) is 5.52. The zero-order valence-corrected chi connectivity index (χ0v) is 10.3. The van der Waals surface area contributed by atoms with Gasteiger partial charge in [0.25, 0.3) is 0 Å². The second-order valence-corrected chi connectivity index (χ2v) is 4.30. The van der Waals surface area contributed by atoms with Gasteiger partial charge >= 0.3 is 0 Å². The van der Waals surface area contributed by atoms with Crippen LogP contribution >= 0.6 is 0 Å². The summed E-state index contributed by atoms with van der Waals surface area (Å²) in [5, 5.41) is 7.73. The Hall–Kier alpha value is -1.97. The fourth-order valence-corrected chi connectivity index (χ4v) is 1.86. The van der Waals surface area contributed by atoms with E-state index in [9.17, 15) is 4.79 Å². The average molecular weight is 229 g/mol. The van der Waals surface area contributed by atoms with Crippen LogP contribution in [0, 0.1) is 13.8 Å². The summed E-state index contributed by atoms with van der Waals surface area (Å²) in [6, 6.07) is 5.85. The highest BCUT2D eigenvalue weighted by molar-refractivity contribution is 5.98. The molecule has 0 aliphatic rings. The lowest BCUT2D eigenvalue weighted by Crippen LogP contribution is -2.06. The number of aromatic nitrogens is 3. The van der Waals surface area contributed by atoms with Crippen molar-refractivity contribution in [2.45, 2.75) is 20.3 Å². The van der Waals surface area contributed by atoms with E-state index in [0.29, 0.717) is 12.1 Å². The van der Waals surface area contributed by atoms with E-state index < -0.39 is 0 Å². The van der Waals surface area contributed by atoms with Gasteiger partial charge in [-0.1, -0.05) is 29.0 Å². The number of carbonyl (C=O) groups excluding carboxylic acids is 1. The number of aryl methyl sites for hydroxylation is 3. The molecule has 1 aromatic carbocycles. The van der Waals surface area contributed by atoms with E-state index in [2.05, 4.69) is 10.3 Å². The molecule has 0 radical (unpaired) electrons. The number of hydrogen-bond donors (Lipinski definition) is 0. The maximum absolute atomic E-state index is 12.1. The molecule has 0 atom stereocenters. The summed E-state index contributed by atoms with van der Waals surface area (Å²) in [5.41, 5.74) is 3.65. The minimum atomic E-state index is 0.0861. The molecule has 2 aromatic rings. The minimum Gasteiger partial charge on any atom is -0.294 e. The third-order valence-electron chi connectivity index (χ3n) is 2.67. The minimum absolute atomic E-state index is 0.0861. The second kappa shape index (κ2) is 4.49. The van der Waals surface area contributed by atoms with Gasteiger partial charge in [-0.2, -0.15) is 0 Å². The van der Waals surface area contributed by atoms with Crippen molar-refractivity contribution in [2.24, 2.45) is 7.05 Å². The fraction of sp³-hybridized carbons (Fsp3) is 0.308. The first kappa shape index (κ1) is 11.5. The molecular formula is C13H15N3O. The molecule has 0 N–H and O–H groups in total. The molecule has 4 heteroatoms. The molecule has 0 saturated heterocycles. The molecule has 0 fully saturated rings. The van der Waals surface area contributed by atoms with Crippen LogP contribution in [0.15, 0.2) is 24.4 Å². The molecule has 0 spiro atoms. The van der Waals surface area contributed by atoms with Gasteiger partial charge in [-0.3, -0.25) is 9.48 Å². The van der Waals surface area contributed by atoms with E-state index in [1.165, 1.54) is 5.56 Å². The van der Waals surface area contributed by atoms with Crippen LogP contribution in [-0.2, 0) is 13.5 Å². The lowest BCUT2D eigenvalue weighted by molar-refractivity contribution is 0.0991. The van der Waals surface area contributed by atoms with Crippen molar-refractivity contribution >= 4 is 5.78 Å². The maximum atomic E-state index is 12.1. The summed E-state index contributed by atoms with van der Waals surface area (Å²) in [7, 11) is 1.79. The Morgan fingerprint density at radius 3 is 2.71 bits per heavy atom. The van der Waals surface area contributed by atoms with E-state index >= 15 is 0 Å². The molecule has 0 aliphatic carbocycles. The second-order valence-electron chi connectivity index (χ2n) is 4.30. The molecule has 0 aliphatic heterocycles. The highest BCUT2D eigenvalue weighted by Crippen LogP contribution is 2.13. The van der Waals surface area contributed by atoms with Gasteiger partial charge in [0, 0.05) is 18.8 Å². The molecule has 4 nitrogen and oxygen atoms in total. The lowest BCUT2D eigenvalue weighted by Gasteiger charge is -2.04. The fourth-order valence-electron chi connectivity index (χ4n) is 1.86. The average Bonchev–Trinajstić information content (AvgIpc) is 2.63. The number of benzene rings is 1. The van der Waals surface area contributed by atoms with Gasteiger partial charge in [-0.05, 0) is 19.4 Å². The van der Waals surface area contributed by atoms with Gasteiger partial charge in [0.15, 0.2) is 5.78 Å². The van der Waals surface area contributed by atoms with Crippen molar-refractivity contribution in [3.63, 3.8) is 0 Å². The Morgan fingerprint density at radius 1 is 1.35 bits per heavy atom. The van der Waals surface area contributed by atoms with Crippen LogP contribution in [0.3, 0.4) is 0 Å². The van der Waals surface area contributed by atoms with Gasteiger partial charge in [-0.15, -0.1) is 5.10 Å². The highest BCUT2D eigenvalue weighted by atomic mass is 16.1. The third-order valence-corrected chi connectivity index (χ3v) is 2.67. The number of nitrogens with zero attached hydrogens (tertiary/aromatic N) is 3. The van der Waals surface area contributed by atoms with Crippen molar-refractivity contribution < 1.29 is 4.79 Å². The Morgan fingerprint density at radius 2 is 2.12 bits per heavy atom. The first-order valence-corrected chi connectivity index (χ1v) is 5.52.